The van der Waals surface area contributed by atoms with Crippen molar-refractivity contribution in [3.8, 4) is 11.5 Å². The average Bonchev–Trinajstić information content (AvgIpc) is 3.13. The number of halogens is 2. The Hall–Kier alpha value is -3.42. The van der Waals surface area contributed by atoms with Gasteiger partial charge < -0.3 is 9.73 Å². The van der Waals surface area contributed by atoms with E-state index >= 15 is 0 Å². The van der Waals surface area contributed by atoms with Crippen molar-refractivity contribution in [2.75, 3.05) is 5.32 Å². The van der Waals surface area contributed by atoms with Crippen LogP contribution in [0.5, 0.6) is 0 Å². The van der Waals surface area contributed by atoms with Crippen LogP contribution in [-0.2, 0) is 0 Å². The normalized spacial score (nSPS) is 10.8. The predicted octanol–water partition coefficient (Wildman–Crippen LogP) is 5.96. The van der Waals surface area contributed by atoms with Crippen molar-refractivity contribution in [2.24, 2.45) is 0 Å². The molecule has 0 atom stereocenters. The summed E-state index contributed by atoms with van der Waals surface area (Å²) in [7, 11) is 0. The number of benzene rings is 3. The largest absolute Gasteiger partial charge is 0.436 e. The highest BCUT2D eigenvalue weighted by atomic mass is 35.5. The van der Waals surface area contributed by atoms with E-state index in [1.165, 1.54) is 18.2 Å². The Bertz CT molecular complexity index is 1270. The van der Waals surface area contributed by atoms with E-state index in [0.29, 0.717) is 32.4 Å². The second kappa shape index (κ2) is 7.54. The molecule has 0 radical (unpaired) electrons. The van der Waals surface area contributed by atoms with Gasteiger partial charge in [0.25, 0.3) is 11.6 Å². The van der Waals surface area contributed by atoms with Gasteiger partial charge in [-0.1, -0.05) is 41.4 Å². The summed E-state index contributed by atoms with van der Waals surface area (Å²) in [6.07, 6.45) is 0. The Morgan fingerprint density at radius 2 is 1.86 bits per heavy atom. The number of nitrogens with zero attached hydrogens (tertiary/aromatic N) is 2. The van der Waals surface area contributed by atoms with Crippen LogP contribution in [0.4, 0.5) is 11.4 Å². The summed E-state index contributed by atoms with van der Waals surface area (Å²) < 4.78 is 5.73. The van der Waals surface area contributed by atoms with Gasteiger partial charge in [-0.2, -0.15) is 0 Å². The zero-order valence-corrected chi connectivity index (χ0v) is 16.1. The topological polar surface area (TPSA) is 98.3 Å². The average molecular weight is 428 g/mol. The second-order valence-corrected chi connectivity index (χ2v) is 6.82. The second-order valence-electron chi connectivity index (χ2n) is 6.03. The zero-order chi connectivity index (χ0) is 20.5. The molecule has 0 fully saturated rings. The minimum atomic E-state index is -0.600. The Labute approximate surface area is 174 Å². The van der Waals surface area contributed by atoms with E-state index in [1.54, 1.807) is 42.5 Å². The van der Waals surface area contributed by atoms with Gasteiger partial charge in [-0.05, 0) is 36.4 Å². The van der Waals surface area contributed by atoms with Crippen LogP contribution in [0, 0.1) is 10.1 Å². The number of carbonyl (C=O) groups is 1. The minimum absolute atomic E-state index is 0.0378. The minimum Gasteiger partial charge on any atom is -0.436 e. The van der Waals surface area contributed by atoms with Gasteiger partial charge in [-0.25, -0.2) is 4.98 Å². The first-order valence-corrected chi connectivity index (χ1v) is 9.09. The van der Waals surface area contributed by atoms with E-state index in [1.807, 2.05) is 0 Å². The highest BCUT2D eigenvalue weighted by Gasteiger charge is 2.20. The fourth-order valence-corrected chi connectivity index (χ4v) is 3.19. The molecule has 4 aromatic rings. The molecule has 1 N–H and O–H groups in total. The Morgan fingerprint density at radius 1 is 1.07 bits per heavy atom. The van der Waals surface area contributed by atoms with Gasteiger partial charge in [-0.3, -0.25) is 14.9 Å². The number of fused-ring (bicyclic) bond motifs is 1. The molecule has 0 saturated heterocycles. The maximum absolute atomic E-state index is 12.5. The molecule has 144 valence electrons. The fourth-order valence-electron chi connectivity index (χ4n) is 2.81. The first-order valence-electron chi connectivity index (χ1n) is 8.34. The molecule has 4 rings (SSSR count). The van der Waals surface area contributed by atoms with Crippen molar-refractivity contribution >= 4 is 51.6 Å². The molecule has 1 amide bonds. The molecule has 1 heterocycles. The van der Waals surface area contributed by atoms with Crippen molar-refractivity contribution < 1.29 is 14.1 Å². The molecule has 0 aliphatic rings. The van der Waals surface area contributed by atoms with Gasteiger partial charge in [0.15, 0.2) is 5.58 Å². The third kappa shape index (κ3) is 3.65. The lowest BCUT2D eigenvalue weighted by Gasteiger charge is -2.05. The first-order chi connectivity index (χ1) is 13.9. The molecule has 0 aliphatic heterocycles. The standard InChI is InChI=1S/C20H11Cl2N3O4/c21-14-6-3-5-13(18(14)22)20-24-15-10-11(8-9-17(15)29-20)23-19(26)12-4-1-2-7-16(12)25(27)28/h1-10H,(H,23,26). The van der Waals surface area contributed by atoms with Gasteiger partial charge in [0, 0.05) is 11.8 Å². The van der Waals surface area contributed by atoms with Gasteiger partial charge in [0.1, 0.15) is 11.1 Å². The molecule has 1 aromatic heterocycles. The number of anilines is 1. The summed E-state index contributed by atoms with van der Waals surface area (Å²) in [4.78, 5) is 27.4. The maximum Gasteiger partial charge on any atom is 0.282 e. The van der Waals surface area contributed by atoms with E-state index in [-0.39, 0.29) is 17.1 Å². The van der Waals surface area contributed by atoms with Crippen LogP contribution in [0.15, 0.2) is 65.1 Å². The highest BCUT2D eigenvalue weighted by Crippen LogP contribution is 2.35. The Kier molecular flexibility index (Phi) is 4.92. The lowest BCUT2D eigenvalue weighted by Crippen LogP contribution is -2.13. The van der Waals surface area contributed by atoms with Crippen LogP contribution in [0.25, 0.3) is 22.6 Å². The molecule has 7 nitrogen and oxygen atoms in total. The molecule has 0 saturated carbocycles. The number of aromatic nitrogens is 1. The molecule has 0 bridgehead atoms. The number of oxazole rings is 1. The first kappa shape index (κ1) is 18.9. The number of carbonyl (C=O) groups excluding carboxylic acids is 1. The molecule has 0 aliphatic carbocycles. The third-order valence-electron chi connectivity index (χ3n) is 4.17. The lowest BCUT2D eigenvalue weighted by atomic mass is 10.1. The lowest BCUT2D eigenvalue weighted by molar-refractivity contribution is -0.385. The highest BCUT2D eigenvalue weighted by molar-refractivity contribution is 6.43. The number of para-hydroxylation sites is 1. The molecule has 3 aromatic carbocycles. The fraction of sp³-hybridized carbons (Fsp3) is 0. The molecule has 0 unspecified atom stereocenters. The van der Waals surface area contributed by atoms with Crippen molar-refractivity contribution in [1.29, 1.82) is 0 Å². The molecular formula is C20H11Cl2N3O4. The maximum atomic E-state index is 12.5. The third-order valence-corrected chi connectivity index (χ3v) is 4.99. The molecule has 0 spiro atoms. The van der Waals surface area contributed by atoms with Crippen molar-refractivity contribution in [2.45, 2.75) is 0 Å². The van der Waals surface area contributed by atoms with Crippen LogP contribution in [-0.4, -0.2) is 15.8 Å². The summed E-state index contributed by atoms with van der Waals surface area (Å²) in [6.45, 7) is 0. The number of nitrogens with one attached hydrogen (secondary N) is 1. The van der Waals surface area contributed by atoms with Crippen LogP contribution in [0.1, 0.15) is 10.4 Å². The van der Waals surface area contributed by atoms with E-state index in [0.717, 1.165) is 0 Å². The molecular weight excluding hydrogens is 417 g/mol. The predicted molar refractivity (Wildman–Crippen MR) is 111 cm³/mol. The molecule has 29 heavy (non-hydrogen) atoms. The van der Waals surface area contributed by atoms with Crippen molar-refractivity contribution in [3.05, 3.63) is 86.4 Å². The quantitative estimate of drug-likeness (QED) is 0.319. The Balaban J connectivity index is 1.66. The van der Waals surface area contributed by atoms with Gasteiger partial charge in [0.2, 0.25) is 5.89 Å². The van der Waals surface area contributed by atoms with Crippen molar-refractivity contribution in [1.82, 2.24) is 4.98 Å². The Morgan fingerprint density at radius 3 is 2.66 bits per heavy atom. The van der Waals surface area contributed by atoms with Gasteiger partial charge >= 0.3 is 0 Å². The van der Waals surface area contributed by atoms with E-state index < -0.39 is 10.8 Å². The van der Waals surface area contributed by atoms with Gasteiger partial charge in [-0.15, -0.1) is 0 Å². The summed E-state index contributed by atoms with van der Waals surface area (Å²) in [6, 6.07) is 15.7. The van der Waals surface area contributed by atoms with Crippen LogP contribution >= 0.6 is 23.2 Å². The van der Waals surface area contributed by atoms with Gasteiger partial charge in [0.05, 0.1) is 20.5 Å². The summed E-state index contributed by atoms with van der Waals surface area (Å²) in [5, 5.41) is 14.5. The summed E-state index contributed by atoms with van der Waals surface area (Å²) in [5.41, 5.74) is 1.62. The van der Waals surface area contributed by atoms with Crippen LogP contribution < -0.4 is 5.32 Å². The van der Waals surface area contributed by atoms with Crippen LogP contribution in [0.3, 0.4) is 0 Å². The zero-order valence-electron chi connectivity index (χ0n) is 14.6. The number of hydrogen-bond donors (Lipinski definition) is 1. The van der Waals surface area contributed by atoms with E-state index in [4.69, 9.17) is 27.6 Å². The van der Waals surface area contributed by atoms with Crippen LogP contribution in [0.2, 0.25) is 10.0 Å². The number of hydrogen-bond acceptors (Lipinski definition) is 5. The summed E-state index contributed by atoms with van der Waals surface area (Å²) in [5.74, 6) is -0.312. The number of nitro groups is 1. The van der Waals surface area contributed by atoms with Crippen molar-refractivity contribution in [3.63, 3.8) is 0 Å². The SMILES string of the molecule is O=C(Nc1ccc2oc(-c3cccc(Cl)c3Cl)nc2c1)c1ccccc1[N+](=O)[O-]. The number of rotatable bonds is 4. The molecule has 9 heteroatoms. The van der Waals surface area contributed by atoms with E-state index in [2.05, 4.69) is 10.3 Å². The monoisotopic (exact) mass is 427 g/mol. The summed E-state index contributed by atoms with van der Waals surface area (Å²) >= 11 is 12.3. The smallest absolute Gasteiger partial charge is 0.282 e. The number of amides is 1. The van der Waals surface area contributed by atoms with E-state index in [9.17, 15) is 14.9 Å². The number of nitro benzene ring substituents is 1.